The van der Waals surface area contributed by atoms with Crippen molar-refractivity contribution in [3.8, 4) is 0 Å². The average molecular weight is 340 g/mol. The molecule has 1 saturated carbocycles. The molecule has 2 heterocycles. The highest BCUT2D eigenvalue weighted by Gasteiger charge is 2.31. The van der Waals surface area contributed by atoms with E-state index in [4.69, 9.17) is 5.84 Å². The summed E-state index contributed by atoms with van der Waals surface area (Å²) in [5.74, 6) is 6.73. The second-order valence-corrected chi connectivity index (χ2v) is 6.13. The van der Waals surface area contributed by atoms with Gasteiger partial charge in [0.05, 0.1) is 4.47 Å². The highest BCUT2D eigenvalue weighted by atomic mass is 79.9. The van der Waals surface area contributed by atoms with Gasteiger partial charge in [-0.1, -0.05) is 0 Å². The minimum absolute atomic E-state index is 0.439. The fourth-order valence-electron chi connectivity index (χ4n) is 1.97. The predicted molar refractivity (Wildman–Crippen MR) is 81.1 cm³/mol. The monoisotopic (exact) mass is 339 g/mol. The van der Waals surface area contributed by atoms with Crippen LogP contribution in [0.2, 0.25) is 0 Å². The molecule has 0 atom stereocenters. The lowest BCUT2D eigenvalue weighted by Gasteiger charge is -2.24. The van der Waals surface area contributed by atoms with E-state index in [9.17, 15) is 0 Å². The molecule has 0 aliphatic heterocycles. The van der Waals surface area contributed by atoms with Gasteiger partial charge in [-0.2, -0.15) is 16.3 Å². The van der Waals surface area contributed by atoms with Crippen LogP contribution in [-0.2, 0) is 6.54 Å². The van der Waals surface area contributed by atoms with Crippen LogP contribution in [0.15, 0.2) is 27.5 Å². The van der Waals surface area contributed by atoms with Crippen LogP contribution in [0.25, 0.3) is 0 Å². The highest BCUT2D eigenvalue weighted by Crippen LogP contribution is 2.36. The molecule has 0 amide bonds. The van der Waals surface area contributed by atoms with E-state index in [1.54, 1.807) is 17.5 Å². The number of aromatic nitrogens is 2. The van der Waals surface area contributed by atoms with Crippen molar-refractivity contribution in [3.05, 3.63) is 33.1 Å². The zero-order valence-corrected chi connectivity index (χ0v) is 12.6. The van der Waals surface area contributed by atoms with Crippen molar-refractivity contribution in [2.24, 2.45) is 5.84 Å². The number of anilines is 2. The zero-order valence-electron chi connectivity index (χ0n) is 10.2. The Kier molecular flexibility index (Phi) is 3.67. The molecule has 2 aromatic rings. The summed E-state index contributed by atoms with van der Waals surface area (Å²) in [5, 5.41) is 4.27. The summed E-state index contributed by atoms with van der Waals surface area (Å²) in [7, 11) is 0. The van der Waals surface area contributed by atoms with Crippen LogP contribution in [0, 0.1) is 0 Å². The molecule has 0 bridgehead atoms. The Balaban J connectivity index is 1.91. The van der Waals surface area contributed by atoms with Gasteiger partial charge in [0.15, 0.2) is 0 Å². The first-order valence-corrected chi connectivity index (χ1v) is 7.78. The first-order chi connectivity index (χ1) is 9.28. The maximum absolute atomic E-state index is 5.39. The highest BCUT2D eigenvalue weighted by molar-refractivity contribution is 9.10. The average Bonchev–Trinajstić information content (AvgIpc) is 3.14. The molecule has 3 rings (SSSR count). The standard InChI is InChI=1S/C12H14BrN5S/c13-10-5-15-12(17-14)16-11(10)18(9-1-2-9)6-8-3-4-19-7-8/h3-5,7,9H,1-2,6,14H2,(H,15,16,17). The predicted octanol–water partition coefficient (Wildman–Crippen LogP) is 2.76. The molecule has 7 heteroatoms. The normalized spacial score (nSPS) is 14.4. The topological polar surface area (TPSA) is 67.1 Å². The molecule has 100 valence electrons. The number of nitrogens with one attached hydrogen (secondary N) is 1. The van der Waals surface area contributed by atoms with E-state index in [2.05, 4.69) is 53.1 Å². The van der Waals surface area contributed by atoms with Crippen LogP contribution in [0.5, 0.6) is 0 Å². The number of rotatable bonds is 5. The minimum Gasteiger partial charge on any atom is -0.348 e. The van der Waals surface area contributed by atoms with Gasteiger partial charge >= 0.3 is 0 Å². The van der Waals surface area contributed by atoms with Crippen LogP contribution < -0.4 is 16.2 Å². The van der Waals surface area contributed by atoms with E-state index in [-0.39, 0.29) is 0 Å². The number of halogens is 1. The molecule has 1 aliphatic rings. The SMILES string of the molecule is NNc1ncc(Br)c(N(Cc2ccsc2)C2CC2)n1. The molecular weight excluding hydrogens is 326 g/mol. The van der Waals surface area contributed by atoms with Gasteiger partial charge in [0.2, 0.25) is 5.95 Å². The van der Waals surface area contributed by atoms with Crippen LogP contribution in [0.1, 0.15) is 18.4 Å². The van der Waals surface area contributed by atoms with E-state index < -0.39 is 0 Å². The van der Waals surface area contributed by atoms with Crippen LogP contribution in [0.4, 0.5) is 11.8 Å². The van der Waals surface area contributed by atoms with Crippen molar-refractivity contribution in [2.75, 3.05) is 10.3 Å². The van der Waals surface area contributed by atoms with E-state index in [0.29, 0.717) is 12.0 Å². The van der Waals surface area contributed by atoms with Gasteiger partial charge in [-0.05, 0) is 51.2 Å². The van der Waals surface area contributed by atoms with E-state index in [1.165, 1.54) is 18.4 Å². The van der Waals surface area contributed by atoms with Crippen molar-refractivity contribution in [2.45, 2.75) is 25.4 Å². The van der Waals surface area contributed by atoms with Crippen molar-refractivity contribution < 1.29 is 0 Å². The lowest BCUT2D eigenvalue weighted by Crippen LogP contribution is -2.27. The third-order valence-corrected chi connectivity index (χ3v) is 4.34. The summed E-state index contributed by atoms with van der Waals surface area (Å²) in [5.41, 5.74) is 3.81. The van der Waals surface area contributed by atoms with Crippen LogP contribution >= 0.6 is 27.3 Å². The van der Waals surface area contributed by atoms with Crippen molar-refractivity contribution in [1.29, 1.82) is 0 Å². The van der Waals surface area contributed by atoms with Gasteiger partial charge in [0.1, 0.15) is 5.82 Å². The number of nitrogens with zero attached hydrogens (tertiary/aromatic N) is 3. The van der Waals surface area contributed by atoms with Crippen molar-refractivity contribution >= 4 is 39.0 Å². The van der Waals surface area contributed by atoms with E-state index in [0.717, 1.165) is 16.8 Å². The maximum Gasteiger partial charge on any atom is 0.239 e. The van der Waals surface area contributed by atoms with Gasteiger partial charge in [-0.25, -0.2) is 10.8 Å². The third-order valence-electron chi connectivity index (χ3n) is 3.05. The number of thiophene rings is 1. The number of nitrogen functional groups attached to an aromatic ring is 1. The van der Waals surface area contributed by atoms with Crippen LogP contribution in [0.3, 0.4) is 0 Å². The Morgan fingerprint density at radius 2 is 2.37 bits per heavy atom. The second-order valence-electron chi connectivity index (χ2n) is 4.50. The molecule has 1 aliphatic carbocycles. The zero-order chi connectivity index (χ0) is 13.2. The Morgan fingerprint density at radius 3 is 3.00 bits per heavy atom. The summed E-state index contributed by atoms with van der Waals surface area (Å²) in [6.45, 7) is 0.869. The number of hydrazine groups is 1. The molecule has 5 nitrogen and oxygen atoms in total. The number of hydrogen-bond acceptors (Lipinski definition) is 6. The first-order valence-electron chi connectivity index (χ1n) is 6.05. The Bertz CT molecular complexity index is 555. The summed E-state index contributed by atoms with van der Waals surface area (Å²) >= 11 is 5.25. The summed E-state index contributed by atoms with van der Waals surface area (Å²) in [4.78, 5) is 10.9. The fourth-order valence-corrected chi connectivity index (χ4v) is 3.05. The molecule has 0 aromatic carbocycles. The van der Waals surface area contributed by atoms with Gasteiger partial charge in [-0.3, -0.25) is 5.43 Å². The Labute approximate surface area is 124 Å². The summed E-state index contributed by atoms with van der Waals surface area (Å²) in [6.07, 6.45) is 4.17. The van der Waals surface area contributed by atoms with E-state index in [1.807, 2.05) is 0 Å². The molecule has 3 N–H and O–H groups in total. The lowest BCUT2D eigenvalue weighted by molar-refractivity contribution is 0.774. The van der Waals surface area contributed by atoms with Crippen LogP contribution in [-0.4, -0.2) is 16.0 Å². The Morgan fingerprint density at radius 1 is 1.53 bits per heavy atom. The van der Waals surface area contributed by atoms with Gasteiger partial charge in [0, 0.05) is 18.8 Å². The summed E-state index contributed by atoms with van der Waals surface area (Å²) < 4.78 is 0.897. The van der Waals surface area contributed by atoms with Gasteiger partial charge < -0.3 is 4.90 Å². The lowest BCUT2D eigenvalue weighted by atomic mass is 10.3. The quantitative estimate of drug-likeness (QED) is 0.647. The number of hydrogen-bond donors (Lipinski definition) is 2. The summed E-state index contributed by atoms with van der Waals surface area (Å²) in [6, 6.07) is 2.72. The second kappa shape index (κ2) is 5.44. The van der Waals surface area contributed by atoms with Gasteiger partial charge in [-0.15, -0.1) is 0 Å². The van der Waals surface area contributed by atoms with Gasteiger partial charge in [0.25, 0.3) is 0 Å². The molecule has 0 spiro atoms. The molecule has 2 aromatic heterocycles. The number of nitrogens with two attached hydrogens (primary N) is 1. The van der Waals surface area contributed by atoms with Crippen molar-refractivity contribution in [1.82, 2.24) is 9.97 Å². The Hall–Kier alpha value is -1.18. The fraction of sp³-hybridized carbons (Fsp3) is 0.333. The molecule has 1 fully saturated rings. The maximum atomic E-state index is 5.39. The largest absolute Gasteiger partial charge is 0.348 e. The molecule has 0 unspecified atom stereocenters. The molecular formula is C12H14BrN5S. The molecule has 0 saturated heterocycles. The van der Waals surface area contributed by atoms with E-state index >= 15 is 0 Å². The smallest absolute Gasteiger partial charge is 0.239 e. The molecule has 19 heavy (non-hydrogen) atoms. The molecule has 0 radical (unpaired) electrons. The van der Waals surface area contributed by atoms with Crippen molar-refractivity contribution in [3.63, 3.8) is 0 Å². The minimum atomic E-state index is 0.439. The first kappa shape index (κ1) is 12.8. The third kappa shape index (κ3) is 2.88.